The highest BCUT2D eigenvalue weighted by molar-refractivity contribution is 7.89. The lowest BCUT2D eigenvalue weighted by atomic mass is 10.5. The molecule has 0 fully saturated rings. The van der Waals surface area contributed by atoms with Crippen LogP contribution in [0.15, 0.2) is 12.7 Å². The Hall–Kier alpha value is -0.390. The van der Waals surface area contributed by atoms with Crippen molar-refractivity contribution in [3.05, 3.63) is 12.7 Å². The van der Waals surface area contributed by atoms with Gasteiger partial charge in [0.25, 0.3) is 0 Å². The Morgan fingerprint density at radius 3 is 2.58 bits per heavy atom. The summed E-state index contributed by atoms with van der Waals surface area (Å²) in [5.74, 6) is 0.119. The fourth-order valence-corrected chi connectivity index (χ4v) is 1.89. The SMILES string of the molecule is C=CCN(C)S(=O)(=O)CCCN. The first-order chi connectivity index (χ1) is 5.54. The maximum Gasteiger partial charge on any atom is 0.214 e. The van der Waals surface area contributed by atoms with E-state index < -0.39 is 10.0 Å². The predicted octanol–water partition coefficient (Wildman–Crippen LogP) is -0.217. The van der Waals surface area contributed by atoms with E-state index in [9.17, 15) is 8.42 Å². The molecule has 0 aromatic rings. The van der Waals surface area contributed by atoms with Crippen molar-refractivity contribution in [2.75, 3.05) is 25.9 Å². The van der Waals surface area contributed by atoms with Crippen molar-refractivity contribution in [3.8, 4) is 0 Å². The predicted molar refractivity (Wildman–Crippen MR) is 50.3 cm³/mol. The van der Waals surface area contributed by atoms with E-state index in [0.29, 0.717) is 19.5 Å². The Labute approximate surface area is 74.1 Å². The Morgan fingerprint density at radius 2 is 2.17 bits per heavy atom. The van der Waals surface area contributed by atoms with E-state index in [0.717, 1.165) is 0 Å². The molecule has 0 aliphatic carbocycles. The number of hydrogen-bond donors (Lipinski definition) is 1. The van der Waals surface area contributed by atoms with Crippen LogP contribution in [0.1, 0.15) is 6.42 Å². The van der Waals surface area contributed by atoms with Crippen molar-refractivity contribution in [2.24, 2.45) is 5.73 Å². The largest absolute Gasteiger partial charge is 0.330 e. The normalized spacial score (nSPS) is 11.9. The lowest BCUT2D eigenvalue weighted by Gasteiger charge is -2.14. The minimum absolute atomic E-state index is 0.119. The third-order valence-corrected chi connectivity index (χ3v) is 3.37. The Morgan fingerprint density at radius 1 is 1.58 bits per heavy atom. The van der Waals surface area contributed by atoms with Crippen LogP contribution < -0.4 is 5.73 Å². The molecule has 0 heterocycles. The van der Waals surface area contributed by atoms with E-state index in [1.807, 2.05) is 0 Å². The third-order valence-electron chi connectivity index (χ3n) is 1.47. The zero-order valence-corrected chi connectivity index (χ0v) is 8.18. The molecule has 12 heavy (non-hydrogen) atoms. The van der Waals surface area contributed by atoms with Crippen molar-refractivity contribution in [2.45, 2.75) is 6.42 Å². The van der Waals surface area contributed by atoms with Crippen LogP contribution in [0.3, 0.4) is 0 Å². The van der Waals surface area contributed by atoms with Crippen molar-refractivity contribution < 1.29 is 8.42 Å². The van der Waals surface area contributed by atoms with E-state index in [4.69, 9.17) is 5.73 Å². The van der Waals surface area contributed by atoms with Crippen molar-refractivity contribution in [1.82, 2.24) is 4.31 Å². The van der Waals surface area contributed by atoms with E-state index >= 15 is 0 Å². The smallest absolute Gasteiger partial charge is 0.214 e. The maximum atomic E-state index is 11.3. The van der Waals surface area contributed by atoms with Gasteiger partial charge in [-0.05, 0) is 13.0 Å². The first kappa shape index (κ1) is 11.6. The van der Waals surface area contributed by atoms with Gasteiger partial charge in [0.15, 0.2) is 0 Å². The average Bonchev–Trinajstić information content (AvgIpc) is 2.01. The summed E-state index contributed by atoms with van der Waals surface area (Å²) in [6, 6.07) is 0. The molecular formula is C7H16N2O2S. The molecule has 0 atom stereocenters. The molecule has 0 saturated carbocycles. The molecule has 0 aromatic carbocycles. The van der Waals surface area contributed by atoms with Crippen LogP contribution in [-0.2, 0) is 10.0 Å². The Kier molecular flexibility index (Phi) is 5.12. The van der Waals surface area contributed by atoms with Gasteiger partial charge in [-0.15, -0.1) is 6.58 Å². The summed E-state index contributed by atoms with van der Waals surface area (Å²) in [4.78, 5) is 0. The highest BCUT2D eigenvalue weighted by Crippen LogP contribution is 1.99. The lowest BCUT2D eigenvalue weighted by molar-refractivity contribution is 0.497. The van der Waals surface area contributed by atoms with Crippen LogP contribution >= 0.6 is 0 Å². The summed E-state index contributed by atoms with van der Waals surface area (Å²) in [5, 5.41) is 0. The van der Waals surface area contributed by atoms with Gasteiger partial charge in [-0.2, -0.15) is 0 Å². The van der Waals surface area contributed by atoms with Crippen LogP contribution in [0, 0.1) is 0 Å². The Balaban J connectivity index is 4.10. The zero-order valence-electron chi connectivity index (χ0n) is 7.36. The number of hydrogen-bond acceptors (Lipinski definition) is 3. The fraction of sp³-hybridized carbons (Fsp3) is 0.714. The molecule has 0 aliphatic rings. The van der Waals surface area contributed by atoms with Crippen LogP contribution in [-0.4, -0.2) is 38.6 Å². The number of nitrogens with zero attached hydrogens (tertiary/aromatic N) is 1. The number of rotatable bonds is 6. The molecule has 0 aliphatic heterocycles. The molecule has 5 heteroatoms. The van der Waals surface area contributed by atoms with E-state index in [1.165, 1.54) is 11.4 Å². The molecular weight excluding hydrogens is 176 g/mol. The minimum atomic E-state index is -3.10. The summed E-state index contributed by atoms with van der Waals surface area (Å²) in [7, 11) is -1.57. The fourth-order valence-electron chi connectivity index (χ4n) is 0.717. The van der Waals surface area contributed by atoms with Gasteiger partial charge in [-0.25, -0.2) is 12.7 Å². The van der Waals surface area contributed by atoms with Crippen molar-refractivity contribution in [1.29, 1.82) is 0 Å². The second-order valence-corrected chi connectivity index (χ2v) is 4.72. The highest BCUT2D eigenvalue weighted by Gasteiger charge is 2.14. The van der Waals surface area contributed by atoms with E-state index in [1.54, 1.807) is 6.08 Å². The molecule has 0 saturated heterocycles. The first-order valence-corrected chi connectivity index (χ1v) is 5.40. The van der Waals surface area contributed by atoms with E-state index in [-0.39, 0.29) is 5.75 Å². The van der Waals surface area contributed by atoms with Gasteiger partial charge in [-0.3, -0.25) is 0 Å². The van der Waals surface area contributed by atoms with Gasteiger partial charge < -0.3 is 5.73 Å². The first-order valence-electron chi connectivity index (χ1n) is 3.79. The third kappa shape index (κ3) is 3.85. The van der Waals surface area contributed by atoms with Crippen LogP contribution in [0.25, 0.3) is 0 Å². The molecule has 2 N–H and O–H groups in total. The number of nitrogens with two attached hydrogens (primary N) is 1. The molecule has 4 nitrogen and oxygen atoms in total. The topological polar surface area (TPSA) is 63.4 Å². The highest BCUT2D eigenvalue weighted by atomic mass is 32.2. The second kappa shape index (κ2) is 5.29. The van der Waals surface area contributed by atoms with Crippen LogP contribution in [0.2, 0.25) is 0 Å². The average molecular weight is 192 g/mol. The van der Waals surface area contributed by atoms with Gasteiger partial charge in [0.1, 0.15) is 0 Å². The van der Waals surface area contributed by atoms with Gasteiger partial charge in [-0.1, -0.05) is 6.08 Å². The molecule has 72 valence electrons. The molecule has 0 amide bonds. The van der Waals surface area contributed by atoms with Gasteiger partial charge >= 0.3 is 0 Å². The molecule has 0 unspecified atom stereocenters. The van der Waals surface area contributed by atoms with Gasteiger partial charge in [0.2, 0.25) is 10.0 Å². The van der Waals surface area contributed by atoms with Crippen molar-refractivity contribution >= 4 is 10.0 Å². The molecule has 0 spiro atoms. The van der Waals surface area contributed by atoms with E-state index in [2.05, 4.69) is 6.58 Å². The standard InChI is InChI=1S/C7H16N2O2S/c1-3-6-9(2)12(10,11)7-4-5-8/h3H,1,4-8H2,2H3. The Bertz CT molecular complexity index is 224. The summed E-state index contributed by atoms with van der Waals surface area (Å²) in [6.07, 6.45) is 2.06. The minimum Gasteiger partial charge on any atom is -0.330 e. The van der Waals surface area contributed by atoms with Gasteiger partial charge in [0.05, 0.1) is 5.75 Å². The quantitative estimate of drug-likeness (QED) is 0.592. The number of likely N-dealkylation sites (N-methyl/N-ethyl adjacent to an activating group) is 1. The molecule has 0 rings (SSSR count). The summed E-state index contributed by atoms with van der Waals surface area (Å²) in [6.45, 7) is 4.22. The summed E-state index contributed by atoms with van der Waals surface area (Å²) in [5.41, 5.74) is 5.21. The summed E-state index contributed by atoms with van der Waals surface area (Å²) < 4.78 is 23.9. The monoisotopic (exact) mass is 192 g/mol. The molecule has 0 radical (unpaired) electrons. The summed E-state index contributed by atoms with van der Waals surface area (Å²) >= 11 is 0. The molecule has 0 bridgehead atoms. The lowest BCUT2D eigenvalue weighted by Crippen LogP contribution is -2.30. The maximum absolute atomic E-state index is 11.3. The molecule has 0 aromatic heterocycles. The number of sulfonamides is 1. The van der Waals surface area contributed by atoms with Gasteiger partial charge in [0, 0.05) is 13.6 Å². The zero-order chi connectivity index (χ0) is 9.61. The van der Waals surface area contributed by atoms with Crippen molar-refractivity contribution in [3.63, 3.8) is 0 Å². The van der Waals surface area contributed by atoms with Crippen LogP contribution in [0.4, 0.5) is 0 Å². The van der Waals surface area contributed by atoms with Crippen LogP contribution in [0.5, 0.6) is 0 Å². The second-order valence-electron chi connectivity index (χ2n) is 2.53.